The van der Waals surface area contributed by atoms with E-state index in [1.807, 2.05) is 13.8 Å². The quantitative estimate of drug-likeness (QED) is 0.753. The van der Waals surface area contributed by atoms with Crippen LogP contribution in [0.3, 0.4) is 0 Å². The standard InChI is InChI=1S/C14H29NO/c1-10(2)12(16)13(5,6)9-14(7,8)15-11(3)4/h10-11,15H,9H2,1-8H3. The SMILES string of the molecule is CC(C)NC(C)(C)CC(C)(C)C(=O)C(C)C. The molecule has 0 bridgehead atoms. The van der Waals surface area contributed by atoms with Crippen LogP contribution in [-0.4, -0.2) is 17.4 Å². The highest BCUT2D eigenvalue weighted by Gasteiger charge is 2.35. The Morgan fingerprint density at radius 2 is 1.50 bits per heavy atom. The first-order valence-electron chi connectivity index (χ1n) is 6.30. The van der Waals surface area contributed by atoms with Crippen molar-refractivity contribution in [1.82, 2.24) is 5.32 Å². The van der Waals surface area contributed by atoms with Gasteiger partial charge in [0, 0.05) is 22.9 Å². The zero-order valence-corrected chi connectivity index (χ0v) is 12.3. The molecule has 0 heterocycles. The molecular formula is C14H29NO. The van der Waals surface area contributed by atoms with E-state index in [9.17, 15) is 4.79 Å². The van der Waals surface area contributed by atoms with Crippen LogP contribution in [0.4, 0.5) is 0 Å². The van der Waals surface area contributed by atoms with Crippen molar-refractivity contribution >= 4 is 5.78 Å². The summed E-state index contributed by atoms with van der Waals surface area (Å²) in [4.78, 5) is 12.1. The van der Waals surface area contributed by atoms with Crippen LogP contribution in [0.1, 0.15) is 61.8 Å². The Morgan fingerprint density at radius 1 is 1.06 bits per heavy atom. The van der Waals surface area contributed by atoms with Gasteiger partial charge in [-0.3, -0.25) is 4.79 Å². The summed E-state index contributed by atoms with van der Waals surface area (Å²) in [6, 6.07) is 0.444. The highest BCUT2D eigenvalue weighted by molar-refractivity contribution is 5.85. The van der Waals surface area contributed by atoms with Crippen LogP contribution in [0.15, 0.2) is 0 Å². The Morgan fingerprint density at radius 3 is 1.81 bits per heavy atom. The number of ketones is 1. The maximum atomic E-state index is 12.1. The van der Waals surface area contributed by atoms with Crippen molar-refractivity contribution in [1.29, 1.82) is 0 Å². The molecule has 2 heteroatoms. The number of hydrogen-bond acceptors (Lipinski definition) is 2. The topological polar surface area (TPSA) is 29.1 Å². The van der Waals surface area contributed by atoms with Gasteiger partial charge >= 0.3 is 0 Å². The van der Waals surface area contributed by atoms with Gasteiger partial charge in [0.15, 0.2) is 0 Å². The highest BCUT2D eigenvalue weighted by Crippen LogP contribution is 2.31. The van der Waals surface area contributed by atoms with Crippen molar-refractivity contribution in [3.05, 3.63) is 0 Å². The minimum absolute atomic E-state index is 0.00220. The zero-order valence-electron chi connectivity index (χ0n) is 12.3. The lowest BCUT2D eigenvalue weighted by atomic mass is 9.74. The lowest BCUT2D eigenvalue weighted by molar-refractivity contribution is -0.131. The average Bonchev–Trinajstić information content (AvgIpc) is 1.97. The first-order chi connectivity index (χ1) is 6.98. The van der Waals surface area contributed by atoms with Crippen LogP contribution in [0.2, 0.25) is 0 Å². The molecule has 0 amide bonds. The molecule has 0 fully saturated rings. The van der Waals surface area contributed by atoms with Crippen molar-refractivity contribution in [2.24, 2.45) is 11.3 Å². The minimum Gasteiger partial charge on any atom is -0.310 e. The fourth-order valence-electron chi connectivity index (χ4n) is 2.81. The van der Waals surface area contributed by atoms with Gasteiger partial charge < -0.3 is 5.32 Å². The van der Waals surface area contributed by atoms with E-state index in [-0.39, 0.29) is 16.9 Å². The molecule has 0 aliphatic rings. The molecule has 0 aromatic carbocycles. The molecule has 0 spiro atoms. The molecule has 0 unspecified atom stereocenters. The molecular weight excluding hydrogens is 198 g/mol. The molecule has 96 valence electrons. The number of rotatable bonds is 6. The van der Waals surface area contributed by atoms with Crippen LogP contribution >= 0.6 is 0 Å². The minimum atomic E-state index is -0.250. The van der Waals surface area contributed by atoms with E-state index in [4.69, 9.17) is 0 Å². The molecule has 0 aliphatic heterocycles. The predicted molar refractivity (Wildman–Crippen MR) is 70.6 cm³/mol. The summed E-state index contributed by atoms with van der Waals surface area (Å²) >= 11 is 0. The van der Waals surface area contributed by atoms with Crippen molar-refractivity contribution in [2.45, 2.75) is 73.4 Å². The number of nitrogens with one attached hydrogen (secondary N) is 1. The van der Waals surface area contributed by atoms with E-state index in [0.29, 0.717) is 11.8 Å². The monoisotopic (exact) mass is 227 g/mol. The molecule has 0 aliphatic carbocycles. The molecule has 0 saturated heterocycles. The second-order valence-electron chi connectivity index (χ2n) is 6.76. The highest BCUT2D eigenvalue weighted by atomic mass is 16.1. The van der Waals surface area contributed by atoms with Gasteiger partial charge in [-0.1, -0.05) is 41.5 Å². The first-order valence-corrected chi connectivity index (χ1v) is 6.30. The molecule has 0 aromatic rings. The molecule has 16 heavy (non-hydrogen) atoms. The van der Waals surface area contributed by atoms with E-state index in [2.05, 4.69) is 46.9 Å². The van der Waals surface area contributed by atoms with Crippen molar-refractivity contribution in [3.8, 4) is 0 Å². The number of Topliss-reactive ketones (excluding diaryl/α,β-unsaturated/α-hetero) is 1. The van der Waals surface area contributed by atoms with E-state index < -0.39 is 0 Å². The smallest absolute Gasteiger partial charge is 0.141 e. The largest absolute Gasteiger partial charge is 0.310 e. The van der Waals surface area contributed by atoms with Crippen molar-refractivity contribution in [2.75, 3.05) is 0 Å². The molecule has 0 aromatic heterocycles. The number of hydrogen-bond donors (Lipinski definition) is 1. The van der Waals surface area contributed by atoms with E-state index >= 15 is 0 Å². The van der Waals surface area contributed by atoms with Gasteiger partial charge in [0.25, 0.3) is 0 Å². The molecule has 0 saturated carbocycles. The Labute approximate surface area is 101 Å². The maximum Gasteiger partial charge on any atom is 0.141 e. The van der Waals surface area contributed by atoms with Crippen LogP contribution in [0.25, 0.3) is 0 Å². The zero-order chi connectivity index (χ0) is 13.1. The van der Waals surface area contributed by atoms with Gasteiger partial charge in [0.1, 0.15) is 5.78 Å². The van der Waals surface area contributed by atoms with Gasteiger partial charge in [0.2, 0.25) is 0 Å². The number of carbonyl (C=O) groups is 1. The van der Waals surface area contributed by atoms with Crippen LogP contribution < -0.4 is 5.32 Å². The normalized spacial score (nSPS) is 13.6. The molecule has 2 nitrogen and oxygen atoms in total. The van der Waals surface area contributed by atoms with Crippen LogP contribution in [0, 0.1) is 11.3 Å². The second kappa shape index (κ2) is 5.31. The van der Waals surface area contributed by atoms with Crippen molar-refractivity contribution < 1.29 is 4.79 Å². The first kappa shape index (κ1) is 15.6. The third kappa shape index (κ3) is 5.11. The fraction of sp³-hybridized carbons (Fsp3) is 0.929. The molecule has 0 rings (SSSR count). The van der Waals surface area contributed by atoms with Gasteiger partial charge in [-0.2, -0.15) is 0 Å². The molecule has 1 N–H and O–H groups in total. The van der Waals surface area contributed by atoms with Gasteiger partial charge in [-0.15, -0.1) is 0 Å². The maximum absolute atomic E-state index is 12.1. The summed E-state index contributed by atoms with van der Waals surface area (Å²) < 4.78 is 0. The summed E-state index contributed by atoms with van der Waals surface area (Å²) in [7, 11) is 0. The van der Waals surface area contributed by atoms with E-state index in [0.717, 1.165) is 6.42 Å². The summed E-state index contributed by atoms with van der Waals surface area (Å²) in [6.45, 7) is 16.7. The number of carbonyl (C=O) groups excluding carboxylic acids is 1. The van der Waals surface area contributed by atoms with E-state index in [1.165, 1.54) is 0 Å². The Balaban J connectivity index is 4.63. The Hall–Kier alpha value is -0.370. The summed E-state index contributed by atoms with van der Waals surface area (Å²) in [5.74, 6) is 0.469. The summed E-state index contributed by atoms with van der Waals surface area (Å²) in [6.07, 6.45) is 0.870. The lowest BCUT2D eigenvalue weighted by Crippen LogP contribution is -2.48. The molecule has 0 atom stereocenters. The Bertz CT molecular complexity index is 239. The Kier molecular flexibility index (Phi) is 5.18. The van der Waals surface area contributed by atoms with Gasteiger partial charge in [-0.25, -0.2) is 0 Å². The fourth-order valence-corrected chi connectivity index (χ4v) is 2.81. The third-order valence-corrected chi connectivity index (χ3v) is 2.75. The van der Waals surface area contributed by atoms with Crippen LogP contribution in [-0.2, 0) is 4.79 Å². The predicted octanol–water partition coefficient (Wildman–Crippen LogP) is 3.40. The van der Waals surface area contributed by atoms with E-state index in [1.54, 1.807) is 0 Å². The van der Waals surface area contributed by atoms with Gasteiger partial charge in [0.05, 0.1) is 0 Å². The summed E-state index contributed by atoms with van der Waals surface area (Å²) in [5, 5.41) is 3.52. The lowest BCUT2D eigenvalue weighted by Gasteiger charge is -2.37. The van der Waals surface area contributed by atoms with Crippen molar-refractivity contribution in [3.63, 3.8) is 0 Å². The average molecular weight is 227 g/mol. The summed E-state index contributed by atoms with van der Waals surface area (Å²) in [5.41, 5.74) is -0.248. The third-order valence-electron chi connectivity index (χ3n) is 2.75. The van der Waals surface area contributed by atoms with Crippen LogP contribution in [0.5, 0.6) is 0 Å². The second-order valence-corrected chi connectivity index (χ2v) is 6.76. The van der Waals surface area contributed by atoms with Gasteiger partial charge in [-0.05, 0) is 20.3 Å². The molecule has 0 radical (unpaired) electrons.